The standard InChI is InChI=1S/C18H15BrClNO3S/c1-2-24-15-7-6-12(19)8-11(15)9-16-17(22)21(18(23)25-16)14-5-3-4-13(20)10-14/h3-8,10,16H,2,9H2,1H3/t16-/m0/s1. The number of amides is 2. The number of nitrogens with zero attached hydrogens (tertiary/aromatic N) is 1. The number of carbonyl (C=O) groups is 2. The largest absolute Gasteiger partial charge is 0.494 e. The van der Waals surface area contributed by atoms with E-state index in [4.69, 9.17) is 16.3 Å². The molecule has 0 N–H and O–H groups in total. The summed E-state index contributed by atoms with van der Waals surface area (Å²) in [4.78, 5) is 26.3. The predicted molar refractivity (Wildman–Crippen MR) is 105 cm³/mol. The van der Waals surface area contributed by atoms with Crippen molar-refractivity contribution < 1.29 is 14.3 Å². The number of hydrogen-bond donors (Lipinski definition) is 0. The Morgan fingerprint density at radius 3 is 2.76 bits per heavy atom. The van der Waals surface area contributed by atoms with E-state index in [-0.39, 0.29) is 11.1 Å². The van der Waals surface area contributed by atoms with Crippen molar-refractivity contribution in [2.45, 2.75) is 18.6 Å². The Kier molecular flexibility index (Phi) is 5.71. The van der Waals surface area contributed by atoms with Gasteiger partial charge >= 0.3 is 0 Å². The Bertz CT molecular complexity index is 830. The predicted octanol–water partition coefficient (Wildman–Crippen LogP) is 5.31. The van der Waals surface area contributed by atoms with Crippen molar-refractivity contribution in [3.63, 3.8) is 0 Å². The van der Waals surface area contributed by atoms with Gasteiger partial charge in [0.15, 0.2) is 0 Å². The molecule has 0 radical (unpaired) electrons. The molecule has 1 aliphatic rings. The van der Waals surface area contributed by atoms with E-state index in [1.807, 2.05) is 25.1 Å². The van der Waals surface area contributed by atoms with Gasteiger partial charge in [0.2, 0.25) is 5.91 Å². The molecule has 1 heterocycles. The number of halogens is 2. The van der Waals surface area contributed by atoms with E-state index >= 15 is 0 Å². The molecule has 0 saturated carbocycles. The lowest BCUT2D eigenvalue weighted by atomic mass is 10.1. The molecule has 0 aromatic heterocycles. The molecule has 1 aliphatic heterocycles. The summed E-state index contributed by atoms with van der Waals surface area (Å²) in [5.41, 5.74) is 1.39. The Labute approximate surface area is 163 Å². The third-order valence-corrected chi connectivity index (χ3v) is 5.48. The zero-order valence-corrected chi connectivity index (χ0v) is 16.5. The summed E-state index contributed by atoms with van der Waals surface area (Å²) >= 11 is 10.5. The molecule has 0 spiro atoms. The lowest BCUT2D eigenvalue weighted by Gasteiger charge is -2.15. The number of benzene rings is 2. The third kappa shape index (κ3) is 4.02. The van der Waals surface area contributed by atoms with Gasteiger partial charge in [-0.15, -0.1) is 0 Å². The van der Waals surface area contributed by atoms with Gasteiger partial charge in [0.05, 0.1) is 17.5 Å². The molecule has 0 aliphatic carbocycles. The minimum atomic E-state index is -0.486. The average Bonchev–Trinajstić information content (AvgIpc) is 2.84. The molecule has 1 atom stereocenters. The van der Waals surface area contributed by atoms with Crippen LogP contribution in [0.4, 0.5) is 10.5 Å². The fourth-order valence-corrected chi connectivity index (χ4v) is 4.25. The number of rotatable bonds is 5. The highest BCUT2D eigenvalue weighted by atomic mass is 79.9. The molecule has 0 unspecified atom stereocenters. The number of carbonyl (C=O) groups excluding carboxylic acids is 2. The molecule has 130 valence electrons. The molecular formula is C18H15BrClNO3S. The van der Waals surface area contributed by atoms with Crippen LogP contribution in [0.5, 0.6) is 5.75 Å². The Balaban J connectivity index is 1.85. The van der Waals surface area contributed by atoms with Crippen LogP contribution in [0.15, 0.2) is 46.9 Å². The van der Waals surface area contributed by atoms with Crippen LogP contribution < -0.4 is 9.64 Å². The molecule has 2 aromatic carbocycles. The number of hydrogen-bond acceptors (Lipinski definition) is 4. The number of imide groups is 1. The smallest absolute Gasteiger partial charge is 0.293 e. The van der Waals surface area contributed by atoms with Gasteiger partial charge in [0.25, 0.3) is 5.24 Å². The van der Waals surface area contributed by atoms with Crippen molar-refractivity contribution in [3.05, 3.63) is 57.5 Å². The van der Waals surface area contributed by atoms with E-state index in [9.17, 15) is 9.59 Å². The highest BCUT2D eigenvalue weighted by Crippen LogP contribution is 2.36. The van der Waals surface area contributed by atoms with Crippen molar-refractivity contribution in [1.29, 1.82) is 0 Å². The summed E-state index contributed by atoms with van der Waals surface area (Å²) in [5, 5.41) is -0.289. The summed E-state index contributed by atoms with van der Waals surface area (Å²) in [5.74, 6) is 0.493. The minimum absolute atomic E-state index is 0.236. The minimum Gasteiger partial charge on any atom is -0.494 e. The maximum absolute atomic E-state index is 12.8. The first-order valence-corrected chi connectivity index (χ1v) is 9.76. The van der Waals surface area contributed by atoms with E-state index < -0.39 is 5.25 Å². The number of thioether (sulfide) groups is 1. The average molecular weight is 441 g/mol. The second kappa shape index (κ2) is 7.81. The van der Waals surface area contributed by atoms with Crippen molar-refractivity contribution in [1.82, 2.24) is 0 Å². The second-order valence-corrected chi connectivity index (χ2v) is 7.92. The van der Waals surface area contributed by atoms with Gasteiger partial charge in [-0.3, -0.25) is 9.59 Å². The molecule has 1 fully saturated rings. The van der Waals surface area contributed by atoms with Gasteiger partial charge in [0, 0.05) is 9.50 Å². The molecule has 4 nitrogen and oxygen atoms in total. The normalized spacial score (nSPS) is 17.2. The fraction of sp³-hybridized carbons (Fsp3) is 0.222. The van der Waals surface area contributed by atoms with Crippen LogP contribution in [0.25, 0.3) is 0 Å². The van der Waals surface area contributed by atoms with E-state index in [0.717, 1.165) is 27.5 Å². The maximum Gasteiger partial charge on any atom is 0.293 e. The third-order valence-electron chi connectivity index (χ3n) is 3.72. The highest BCUT2D eigenvalue weighted by Gasteiger charge is 2.40. The van der Waals surface area contributed by atoms with Crippen molar-refractivity contribution in [3.8, 4) is 5.75 Å². The van der Waals surface area contributed by atoms with Crippen LogP contribution in [0.1, 0.15) is 12.5 Å². The summed E-state index contributed by atoms with van der Waals surface area (Å²) < 4.78 is 6.54. The topological polar surface area (TPSA) is 46.6 Å². The lowest BCUT2D eigenvalue weighted by molar-refractivity contribution is -0.117. The molecule has 1 saturated heterocycles. The zero-order chi connectivity index (χ0) is 18.0. The fourth-order valence-electron chi connectivity index (χ4n) is 2.64. The van der Waals surface area contributed by atoms with Crippen LogP contribution in [-0.4, -0.2) is 23.0 Å². The van der Waals surface area contributed by atoms with Crippen molar-refractivity contribution >= 4 is 56.1 Å². The molecule has 3 rings (SSSR count). The van der Waals surface area contributed by atoms with Crippen molar-refractivity contribution in [2.24, 2.45) is 0 Å². The summed E-state index contributed by atoms with van der Waals surface area (Å²) in [6, 6.07) is 12.4. The second-order valence-electron chi connectivity index (χ2n) is 5.42. The van der Waals surface area contributed by atoms with Gasteiger partial charge in [0.1, 0.15) is 5.75 Å². The van der Waals surface area contributed by atoms with Crippen LogP contribution in [-0.2, 0) is 11.2 Å². The Hall–Kier alpha value is -1.50. The van der Waals surface area contributed by atoms with Gasteiger partial charge < -0.3 is 4.74 Å². The number of ether oxygens (including phenoxy) is 1. The summed E-state index contributed by atoms with van der Waals surface area (Å²) in [6.07, 6.45) is 0.418. The van der Waals surface area contributed by atoms with Gasteiger partial charge in [-0.1, -0.05) is 45.4 Å². The quantitative estimate of drug-likeness (QED) is 0.632. The Morgan fingerprint density at radius 1 is 1.24 bits per heavy atom. The lowest BCUT2D eigenvalue weighted by Crippen LogP contribution is -2.32. The number of anilines is 1. The van der Waals surface area contributed by atoms with Crippen LogP contribution >= 0.6 is 39.3 Å². The summed E-state index contributed by atoms with van der Waals surface area (Å²) in [6.45, 7) is 2.44. The molecule has 7 heteroatoms. The molecule has 2 aromatic rings. The van der Waals surface area contributed by atoms with Gasteiger partial charge in [-0.25, -0.2) is 4.90 Å². The Morgan fingerprint density at radius 2 is 2.04 bits per heavy atom. The van der Waals surface area contributed by atoms with E-state index in [1.165, 1.54) is 4.90 Å². The maximum atomic E-state index is 12.8. The monoisotopic (exact) mass is 439 g/mol. The van der Waals surface area contributed by atoms with Crippen LogP contribution in [0.2, 0.25) is 5.02 Å². The van der Waals surface area contributed by atoms with E-state index in [0.29, 0.717) is 23.7 Å². The molecule has 0 bridgehead atoms. The molecule has 25 heavy (non-hydrogen) atoms. The van der Waals surface area contributed by atoms with E-state index in [1.54, 1.807) is 24.3 Å². The van der Waals surface area contributed by atoms with Crippen LogP contribution in [0.3, 0.4) is 0 Å². The SMILES string of the molecule is CCOc1ccc(Br)cc1C[C@@H]1SC(=O)N(c2cccc(Cl)c2)C1=O. The highest BCUT2D eigenvalue weighted by molar-refractivity contribution is 9.10. The zero-order valence-electron chi connectivity index (χ0n) is 13.4. The van der Waals surface area contributed by atoms with E-state index in [2.05, 4.69) is 15.9 Å². The first kappa shape index (κ1) is 18.3. The first-order chi connectivity index (χ1) is 12.0. The molecule has 2 amide bonds. The van der Waals surface area contributed by atoms with Gasteiger partial charge in [-0.05, 0) is 55.3 Å². The van der Waals surface area contributed by atoms with Crippen LogP contribution in [0, 0.1) is 0 Å². The summed E-state index contributed by atoms with van der Waals surface area (Å²) in [7, 11) is 0. The first-order valence-electron chi connectivity index (χ1n) is 7.71. The molecular weight excluding hydrogens is 426 g/mol. The van der Waals surface area contributed by atoms with Gasteiger partial charge in [-0.2, -0.15) is 0 Å². The van der Waals surface area contributed by atoms with Crippen molar-refractivity contribution in [2.75, 3.05) is 11.5 Å².